The minimum atomic E-state index is 0.0860. The smallest absolute Gasteiger partial charge is 0.221 e. The van der Waals surface area contributed by atoms with E-state index < -0.39 is 0 Å². The second-order valence-corrected chi connectivity index (χ2v) is 4.57. The molecule has 1 rings (SSSR count). The summed E-state index contributed by atoms with van der Waals surface area (Å²) in [5, 5.41) is 5.85. The van der Waals surface area contributed by atoms with E-state index >= 15 is 0 Å². The maximum Gasteiger partial charge on any atom is 0.221 e. The second kappa shape index (κ2) is 6.58. The molecule has 0 aromatic carbocycles. The summed E-state index contributed by atoms with van der Waals surface area (Å²) in [7, 11) is 1.66. The summed E-state index contributed by atoms with van der Waals surface area (Å²) in [5.41, 5.74) is 0. The highest BCUT2D eigenvalue weighted by Gasteiger charge is 1.99. The number of nitrogens with one attached hydrogen (secondary N) is 2. The average molecular weight is 226 g/mol. The molecule has 3 nitrogen and oxygen atoms in total. The minimum absolute atomic E-state index is 0.0860. The molecular weight excluding hydrogens is 208 g/mol. The Hall–Kier alpha value is -0.870. The third-order valence-corrected chi connectivity index (χ3v) is 3.40. The Morgan fingerprint density at radius 2 is 2.13 bits per heavy atom. The van der Waals surface area contributed by atoms with Crippen LogP contribution in [-0.2, 0) is 17.8 Å². The molecule has 0 spiro atoms. The van der Waals surface area contributed by atoms with Gasteiger partial charge in [-0.2, -0.15) is 0 Å². The van der Waals surface area contributed by atoms with E-state index in [0.29, 0.717) is 6.42 Å². The zero-order valence-electron chi connectivity index (χ0n) is 9.30. The van der Waals surface area contributed by atoms with Crippen molar-refractivity contribution in [3.63, 3.8) is 0 Å². The topological polar surface area (TPSA) is 41.1 Å². The first-order chi connectivity index (χ1) is 7.26. The van der Waals surface area contributed by atoms with Gasteiger partial charge in [0.15, 0.2) is 0 Å². The standard InChI is InChI=1S/C11H18N2OS/c1-3-9-4-5-10(15-9)8-13-7-6-11(14)12-2/h4-5,13H,3,6-8H2,1-2H3,(H,12,14). The molecule has 0 saturated carbocycles. The summed E-state index contributed by atoms with van der Waals surface area (Å²) in [5.74, 6) is 0.0860. The van der Waals surface area contributed by atoms with Crippen molar-refractivity contribution in [2.75, 3.05) is 13.6 Å². The van der Waals surface area contributed by atoms with E-state index in [4.69, 9.17) is 0 Å². The van der Waals surface area contributed by atoms with E-state index in [1.54, 1.807) is 7.05 Å². The van der Waals surface area contributed by atoms with Gasteiger partial charge < -0.3 is 10.6 Å². The molecular formula is C11H18N2OS. The van der Waals surface area contributed by atoms with E-state index in [1.165, 1.54) is 9.75 Å². The van der Waals surface area contributed by atoms with Crippen molar-refractivity contribution in [1.82, 2.24) is 10.6 Å². The SMILES string of the molecule is CCc1ccc(CNCCC(=O)NC)s1. The molecule has 4 heteroatoms. The molecule has 1 aromatic rings. The van der Waals surface area contributed by atoms with Gasteiger partial charge in [-0.1, -0.05) is 6.92 Å². The van der Waals surface area contributed by atoms with Crippen LogP contribution in [0.1, 0.15) is 23.1 Å². The lowest BCUT2D eigenvalue weighted by Gasteiger charge is -2.01. The molecule has 0 unspecified atom stereocenters. The number of aryl methyl sites for hydroxylation is 1. The third kappa shape index (κ3) is 4.44. The lowest BCUT2D eigenvalue weighted by Crippen LogP contribution is -2.24. The van der Waals surface area contributed by atoms with Crippen LogP contribution < -0.4 is 10.6 Å². The summed E-state index contributed by atoms with van der Waals surface area (Å²) in [4.78, 5) is 13.7. The molecule has 0 saturated heterocycles. The number of amides is 1. The van der Waals surface area contributed by atoms with Gasteiger partial charge in [-0.25, -0.2) is 0 Å². The van der Waals surface area contributed by atoms with Gasteiger partial charge >= 0.3 is 0 Å². The van der Waals surface area contributed by atoms with E-state index in [-0.39, 0.29) is 5.91 Å². The highest BCUT2D eigenvalue weighted by Crippen LogP contribution is 2.16. The minimum Gasteiger partial charge on any atom is -0.359 e. The number of hydrogen-bond donors (Lipinski definition) is 2. The molecule has 0 aliphatic heterocycles. The number of hydrogen-bond acceptors (Lipinski definition) is 3. The molecule has 1 aromatic heterocycles. The van der Waals surface area contributed by atoms with Crippen molar-refractivity contribution in [2.24, 2.45) is 0 Å². The fraction of sp³-hybridized carbons (Fsp3) is 0.545. The van der Waals surface area contributed by atoms with Gasteiger partial charge in [-0.15, -0.1) is 11.3 Å². The molecule has 84 valence electrons. The summed E-state index contributed by atoms with van der Waals surface area (Å²) >= 11 is 1.83. The van der Waals surface area contributed by atoms with Gasteiger partial charge in [0.2, 0.25) is 5.91 Å². The largest absolute Gasteiger partial charge is 0.359 e. The molecule has 1 heterocycles. The van der Waals surface area contributed by atoms with Gasteiger partial charge in [0.05, 0.1) is 0 Å². The molecule has 1 amide bonds. The number of carbonyl (C=O) groups is 1. The van der Waals surface area contributed by atoms with Crippen LogP contribution in [0.4, 0.5) is 0 Å². The van der Waals surface area contributed by atoms with E-state index in [0.717, 1.165) is 19.5 Å². The van der Waals surface area contributed by atoms with Gasteiger partial charge in [0, 0.05) is 36.3 Å². The van der Waals surface area contributed by atoms with Crippen molar-refractivity contribution in [2.45, 2.75) is 26.3 Å². The molecule has 0 aliphatic carbocycles. The number of rotatable bonds is 6. The van der Waals surface area contributed by atoms with Crippen LogP contribution >= 0.6 is 11.3 Å². The first kappa shape index (κ1) is 12.2. The normalized spacial score (nSPS) is 10.3. The second-order valence-electron chi connectivity index (χ2n) is 3.32. The van der Waals surface area contributed by atoms with E-state index in [2.05, 4.69) is 29.7 Å². The quantitative estimate of drug-likeness (QED) is 0.722. The van der Waals surface area contributed by atoms with Crippen LogP contribution in [0.5, 0.6) is 0 Å². The van der Waals surface area contributed by atoms with E-state index in [9.17, 15) is 4.79 Å². The predicted molar refractivity (Wildman–Crippen MR) is 64.1 cm³/mol. The first-order valence-corrected chi connectivity index (χ1v) is 6.06. The summed E-state index contributed by atoms with van der Waals surface area (Å²) in [6, 6.07) is 4.32. The van der Waals surface area contributed by atoms with Crippen molar-refractivity contribution in [3.8, 4) is 0 Å². The number of carbonyl (C=O) groups excluding carboxylic acids is 1. The number of thiophene rings is 1. The zero-order chi connectivity index (χ0) is 11.1. The van der Waals surface area contributed by atoms with Crippen molar-refractivity contribution < 1.29 is 4.79 Å². The van der Waals surface area contributed by atoms with Crippen LogP contribution in [0, 0.1) is 0 Å². The van der Waals surface area contributed by atoms with Gasteiger partial charge in [0.1, 0.15) is 0 Å². The molecule has 15 heavy (non-hydrogen) atoms. The van der Waals surface area contributed by atoms with Crippen LogP contribution in [0.25, 0.3) is 0 Å². The first-order valence-electron chi connectivity index (χ1n) is 5.25. The zero-order valence-corrected chi connectivity index (χ0v) is 10.1. The Morgan fingerprint density at radius 1 is 1.40 bits per heavy atom. The summed E-state index contributed by atoms with van der Waals surface area (Å²) in [6.45, 7) is 3.76. The Balaban J connectivity index is 2.17. The fourth-order valence-corrected chi connectivity index (χ4v) is 2.17. The third-order valence-electron chi connectivity index (χ3n) is 2.17. The highest BCUT2D eigenvalue weighted by atomic mass is 32.1. The summed E-state index contributed by atoms with van der Waals surface area (Å²) in [6.07, 6.45) is 1.64. The Labute approximate surface area is 94.9 Å². The Bertz CT molecular complexity index is 309. The lowest BCUT2D eigenvalue weighted by atomic mass is 10.3. The molecule has 0 fully saturated rings. The monoisotopic (exact) mass is 226 g/mol. The molecule has 0 radical (unpaired) electrons. The molecule has 2 N–H and O–H groups in total. The van der Waals surface area contributed by atoms with Crippen LogP contribution in [0.2, 0.25) is 0 Å². The van der Waals surface area contributed by atoms with Crippen LogP contribution in [0.15, 0.2) is 12.1 Å². The van der Waals surface area contributed by atoms with Crippen molar-refractivity contribution >= 4 is 17.2 Å². The van der Waals surface area contributed by atoms with Crippen molar-refractivity contribution in [1.29, 1.82) is 0 Å². The lowest BCUT2D eigenvalue weighted by molar-refractivity contribution is -0.120. The van der Waals surface area contributed by atoms with Gasteiger partial charge in [0.25, 0.3) is 0 Å². The predicted octanol–water partition coefficient (Wildman–Crippen LogP) is 1.54. The van der Waals surface area contributed by atoms with Gasteiger partial charge in [-0.05, 0) is 18.6 Å². The Kier molecular flexibility index (Phi) is 5.36. The van der Waals surface area contributed by atoms with Crippen LogP contribution in [0.3, 0.4) is 0 Å². The summed E-state index contributed by atoms with van der Waals surface area (Å²) < 4.78 is 0. The maximum atomic E-state index is 10.9. The van der Waals surface area contributed by atoms with E-state index in [1.807, 2.05) is 11.3 Å². The fourth-order valence-electron chi connectivity index (χ4n) is 1.25. The highest BCUT2D eigenvalue weighted by molar-refractivity contribution is 7.11. The van der Waals surface area contributed by atoms with Gasteiger partial charge in [-0.3, -0.25) is 4.79 Å². The van der Waals surface area contributed by atoms with Crippen LogP contribution in [-0.4, -0.2) is 19.5 Å². The maximum absolute atomic E-state index is 10.9. The Morgan fingerprint density at radius 3 is 2.73 bits per heavy atom. The molecule has 0 atom stereocenters. The molecule has 0 bridgehead atoms. The average Bonchev–Trinajstić information content (AvgIpc) is 2.72. The molecule has 0 aliphatic rings. The van der Waals surface area contributed by atoms with Crippen molar-refractivity contribution in [3.05, 3.63) is 21.9 Å².